The summed E-state index contributed by atoms with van der Waals surface area (Å²) < 4.78 is 35.8. The topological polar surface area (TPSA) is 26.0 Å². The fourth-order valence-corrected chi connectivity index (χ4v) is 3.09. The van der Waals surface area contributed by atoms with Gasteiger partial charge < -0.3 is 5.73 Å². The Morgan fingerprint density at radius 2 is 2.14 bits per heavy atom. The molecule has 0 aromatic rings. The number of rotatable bonds is 3. The van der Waals surface area contributed by atoms with Gasteiger partial charge in [0.15, 0.2) is 0 Å². The quantitative estimate of drug-likeness (QED) is 0.802. The molecule has 1 nitrogen and oxygen atoms in total. The third-order valence-corrected chi connectivity index (χ3v) is 4.43. The molecule has 0 aromatic carbocycles. The number of halogens is 3. The molecule has 2 N–H and O–H groups in total. The Balaban J connectivity index is 2.37. The summed E-state index contributed by atoms with van der Waals surface area (Å²) in [6.07, 6.45) is -2.77. The van der Waals surface area contributed by atoms with Gasteiger partial charge in [-0.15, -0.1) is 0 Å². The van der Waals surface area contributed by atoms with Gasteiger partial charge in [-0.05, 0) is 31.9 Å². The van der Waals surface area contributed by atoms with Gasteiger partial charge in [-0.25, -0.2) is 0 Å². The van der Waals surface area contributed by atoms with Crippen molar-refractivity contribution in [1.82, 2.24) is 0 Å². The maximum atomic E-state index is 12.0. The van der Waals surface area contributed by atoms with E-state index in [-0.39, 0.29) is 17.2 Å². The molecule has 1 rings (SSSR count). The lowest BCUT2D eigenvalue weighted by Gasteiger charge is -2.30. The summed E-state index contributed by atoms with van der Waals surface area (Å²) in [4.78, 5) is 0. The third kappa shape index (κ3) is 3.35. The first-order valence-corrected chi connectivity index (χ1v) is 5.78. The third-order valence-electron chi connectivity index (χ3n) is 2.77. The van der Waals surface area contributed by atoms with Gasteiger partial charge in [0.05, 0.1) is 0 Å². The van der Waals surface area contributed by atoms with Crippen LogP contribution in [0.3, 0.4) is 0 Å². The minimum Gasteiger partial charge on any atom is -0.326 e. The Kier molecular flexibility index (Phi) is 3.75. The molecule has 84 valence electrons. The summed E-state index contributed by atoms with van der Waals surface area (Å²) in [5.74, 6) is 1.02. The molecule has 1 saturated heterocycles. The van der Waals surface area contributed by atoms with Crippen LogP contribution in [0.2, 0.25) is 0 Å². The van der Waals surface area contributed by atoms with Crippen molar-refractivity contribution < 1.29 is 13.2 Å². The highest BCUT2D eigenvalue weighted by atomic mass is 32.2. The SMILES string of the molecule is CC1(C(N)CCC(F)(F)F)CCCS1. The predicted molar refractivity (Wildman–Crippen MR) is 53.4 cm³/mol. The molecule has 0 amide bonds. The van der Waals surface area contributed by atoms with Gasteiger partial charge in [0, 0.05) is 17.2 Å². The number of alkyl halides is 3. The van der Waals surface area contributed by atoms with Gasteiger partial charge >= 0.3 is 6.18 Å². The Morgan fingerprint density at radius 3 is 2.57 bits per heavy atom. The average molecular weight is 227 g/mol. The van der Waals surface area contributed by atoms with Gasteiger partial charge in [0.1, 0.15) is 0 Å². The van der Waals surface area contributed by atoms with Crippen LogP contribution in [0.5, 0.6) is 0 Å². The molecule has 0 aliphatic carbocycles. The van der Waals surface area contributed by atoms with E-state index in [1.807, 2.05) is 6.92 Å². The molecule has 1 fully saturated rings. The molecule has 0 saturated carbocycles. The second-order valence-electron chi connectivity index (χ2n) is 4.03. The average Bonchev–Trinajstić information content (AvgIpc) is 2.48. The van der Waals surface area contributed by atoms with Gasteiger partial charge in [-0.3, -0.25) is 0 Å². The van der Waals surface area contributed by atoms with Crippen LogP contribution < -0.4 is 5.73 Å². The van der Waals surface area contributed by atoms with E-state index in [4.69, 9.17) is 5.73 Å². The van der Waals surface area contributed by atoms with E-state index in [1.165, 1.54) is 0 Å². The van der Waals surface area contributed by atoms with Crippen LogP contribution in [0.1, 0.15) is 32.6 Å². The first-order chi connectivity index (χ1) is 6.33. The van der Waals surface area contributed by atoms with Crippen LogP contribution in [0.4, 0.5) is 13.2 Å². The molecule has 0 spiro atoms. The van der Waals surface area contributed by atoms with Crippen LogP contribution in [0.15, 0.2) is 0 Å². The summed E-state index contributed by atoms with van der Waals surface area (Å²) in [7, 11) is 0. The lowest BCUT2D eigenvalue weighted by Crippen LogP contribution is -2.41. The molecule has 0 bridgehead atoms. The molecule has 5 heteroatoms. The van der Waals surface area contributed by atoms with Crippen LogP contribution in [0.25, 0.3) is 0 Å². The van der Waals surface area contributed by atoms with Gasteiger partial charge in [-0.1, -0.05) is 0 Å². The molecule has 2 unspecified atom stereocenters. The highest BCUT2D eigenvalue weighted by Crippen LogP contribution is 2.41. The molecule has 14 heavy (non-hydrogen) atoms. The Bertz CT molecular complexity index is 187. The van der Waals surface area contributed by atoms with Crippen molar-refractivity contribution in [2.45, 2.75) is 49.6 Å². The lowest BCUT2D eigenvalue weighted by molar-refractivity contribution is -0.136. The van der Waals surface area contributed by atoms with Crippen molar-refractivity contribution in [1.29, 1.82) is 0 Å². The summed E-state index contributed by atoms with van der Waals surface area (Å²) in [6.45, 7) is 1.98. The highest BCUT2D eigenvalue weighted by Gasteiger charge is 2.38. The van der Waals surface area contributed by atoms with Crippen LogP contribution in [-0.4, -0.2) is 22.7 Å². The van der Waals surface area contributed by atoms with Crippen molar-refractivity contribution in [2.75, 3.05) is 5.75 Å². The molecule has 0 aromatic heterocycles. The molecule has 0 radical (unpaired) electrons. The monoisotopic (exact) mass is 227 g/mol. The van der Waals surface area contributed by atoms with Gasteiger partial charge in [0.25, 0.3) is 0 Å². The van der Waals surface area contributed by atoms with Crippen molar-refractivity contribution in [3.8, 4) is 0 Å². The second-order valence-corrected chi connectivity index (χ2v) is 5.65. The summed E-state index contributed by atoms with van der Waals surface area (Å²) in [6, 6.07) is -0.336. The van der Waals surface area contributed by atoms with Crippen molar-refractivity contribution in [3.05, 3.63) is 0 Å². The maximum absolute atomic E-state index is 12.0. The van der Waals surface area contributed by atoms with Crippen LogP contribution in [-0.2, 0) is 0 Å². The van der Waals surface area contributed by atoms with E-state index in [1.54, 1.807) is 11.8 Å². The number of thioether (sulfide) groups is 1. The van der Waals surface area contributed by atoms with Crippen molar-refractivity contribution in [3.63, 3.8) is 0 Å². The molecule has 1 aliphatic rings. The summed E-state index contributed by atoms with van der Waals surface area (Å²) >= 11 is 1.71. The lowest BCUT2D eigenvalue weighted by atomic mass is 9.93. The largest absolute Gasteiger partial charge is 0.389 e. The molecule has 2 atom stereocenters. The zero-order valence-electron chi connectivity index (χ0n) is 8.23. The molecular formula is C9H16F3NS. The van der Waals surface area contributed by atoms with E-state index in [2.05, 4.69) is 0 Å². The Morgan fingerprint density at radius 1 is 1.50 bits per heavy atom. The van der Waals surface area contributed by atoms with Crippen molar-refractivity contribution in [2.24, 2.45) is 5.73 Å². The normalized spacial score (nSPS) is 30.6. The van der Waals surface area contributed by atoms with Crippen molar-refractivity contribution >= 4 is 11.8 Å². The smallest absolute Gasteiger partial charge is 0.326 e. The first-order valence-electron chi connectivity index (χ1n) is 4.80. The van der Waals surface area contributed by atoms with Crippen LogP contribution >= 0.6 is 11.8 Å². The van der Waals surface area contributed by atoms with Gasteiger partial charge in [-0.2, -0.15) is 24.9 Å². The van der Waals surface area contributed by atoms with E-state index >= 15 is 0 Å². The molecule has 1 aliphatic heterocycles. The zero-order chi connectivity index (χ0) is 10.8. The summed E-state index contributed by atoms with van der Waals surface area (Å²) in [5.41, 5.74) is 5.80. The van der Waals surface area contributed by atoms with E-state index in [0.717, 1.165) is 18.6 Å². The zero-order valence-corrected chi connectivity index (χ0v) is 9.05. The summed E-state index contributed by atoms with van der Waals surface area (Å²) in [5, 5.41) is 0. The molecular weight excluding hydrogens is 211 g/mol. The standard InChI is InChI=1S/C9H16F3NS/c1-8(4-2-6-14-8)7(13)3-5-9(10,11)12/h7H,2-6,13H2,1H3. The predicted octanol–water partition coefficient (Wildman–Crippen LogP) is 2.94. The van der Waals surface area contributed by atoms with E-state index in [0.29, 0.717) is 0 Å². The number of nitrogens with two attached hydrogens (primary N) is 1. The fraction of sp³-hybridized carbons (Fsp3) is 1.00. The number of hydrogen-bond donors (Lipinski definition) is 1. The number of hydrogen-bond acceptors (Lipinski definition) is 2. The minimum absolute atomic E-state index is 0.0486. The maximum Gasteiger partial charge on any atom is 0.389 e. The Labute approximate surface area is 86.6 Å². The van der Waals surface area contributed by atoms with E-state index < -0.39 is 12.6 Å². The van der Waals surface area contributed by atoms with Gasteiger partial charge in [0.2, 0.25) is 0 Å². The highest BCUT2D eigenvalue weighted by molar-refractivity contribution is 8.00. The Hall–Kier alpha value is 0.100. The first kappa shape index (κ1) is 12.2. The fourth-order valence-electron chi connectivity index (χ4n) is 1.72. The van der Waals surface area contributed by atoms with E-state index in [9.17, 15) is 13.2 Å². The van der Waals surface area contributed by atoms with Crippen LogP contribution in [0, 0.1) is 0 Å². The molecule has 1 heterocycles. The second kappa shape index (κ2) is 4.31. The minimum atomic E-state index is -4.07.